The van der Waals surface area contributed by atoms with Crippen molar-refractivity contribution in [3.05, 3.63) is 33.5 Å². The zero-order chi connectivity index (χ0) is 16.4. The van der Waals surface area contributed by atoms with Crippen LogP contribution in [-0.2, 0) is 9.53 Å². The van der Waals surface area contributed by atoms with Gasteiger partial charge in [0.1, 0.15) is 6.29 Å². The van der Waals surface area contributed by atoms with Crippen LogP contribution >= 0.6 is 0 Å². The third kappa shape index (κ3) is 14.6. The molecule has 0 aliphatic rings. The minimum atomic E-state index is -0.418. The summed E-state index contributed by atoms with van der Waals surface area (Å²) in [5.41, 5.74) is 0.635. The van der Waals surface area contributed by atoms with Crippen LogP contribution in [0.15, 0.2) is 23.4 Å². The Morgan fingerprint density at radius 2 is 1.75 bits per heavy atom. The first kappa shape index (κ1) is 23.6. The highest BCUT2D eigenvalue weighted by atomic mass is 16.6. The first-order chi connectivity index (χ1) is 9.58. The molecule has 0 radical (unpaired) electrons. The quantitative estimate of drug-likeness (QED) is 0.305. The van der Waals surface area contributed by atoms with Gasteiger partial charge in [-0.25, -0.2) is 0 Å². The monoisotopic (exact) mass is 287 g/mol. The Kier molecular flexibility index (Phi) is 23.4. The first-order valence-electron chi connectivity index (χ1n) is 7.04. The summed E-state index contributed by atoms with van der Waals surface area (Å²) in [5.74, 6) is 0. The lowest BCUT2D eigenvalue weighted by molar-refractivity contribution is -0.428. The zero-order valence-electron chi connectivity index (χ0n) is 13.6. The molecule has 0 aromatic rings. The van der Waals surface area contributed by atoms with Crippen LogP contribution in [0.3, 0.4) is 0 Å². The van der Waals surface area contributed by atoms with Crippen molar-refractivity contribution in [3.8, 4) is 0 Å². The Morgan fingerprint density at radius 1 is 1.25 bits per heavy atom. The van der Waals surface area contributed by atoms with Crippen molar-refractivity contribution in [3.63, 3.8) is 0 Å². The predicted octanol–water partition coefficient (Wildman–Crippen LogP) is 4.16. The molecule has 0 N–H and O–H groups in total. The normalized spacial score (nSPS) is 10.7. The largest absolute Gasteiger partial charge is 0.385 e. The minimum Gasteiger partial charge on any atom is -0.385 e. The number of hydrogen-bond acceptors (Lipinski definition) is 4. The summed E-state index contributed by atoms with van der Waals surface area (Å²) in [5, 5.41) is 10.6. The van der Waals surface area contributed by atoms with Crippen LogP contribution < -0.4 is 0 Å². The number of aldehydes is 1. The molecule has 0 aromatic heterocycles. The summed E-state index contributed by atoms with van der Waals surface area (Å²) >= 11 is 0. The molecular formula is C15H29NO4. The molecule has 0 unspecified atom stereocenters. The highest BCUT2D eigenvalue weighted by Gasteiger charge is 2.13. The number of carbonyl (C=O) groups is 1. The number of hydrogen-bond donors (Lipinski definition) is 0. The lowest BCUT2D eigenvalue weighted by Crippen LogP contribution is -2.01. The first-order valence-corrected chi connectivity index (χ1v) is 7.04. The Hall–Kier alpha value is -1.49. The van der Waals surface area contributed by atoms with Crippen LogP contribution in [-0.4, -0.2) is 24.9 Å². The van der Waals surface area contributed by atoms with E-state index in [9.17, 15) is 14.9 Å². The van der Waals surface area contributed by atoms with Crippen LogP contribution in [0.2, 0.25) is 0 Å². The van der Waals surface area contributed by atoms with Gasteiger partial charge in [0.05, 0.1) is 4.92 Å². The standard InChI is InChI=1S/C10H15NO3.C3H8O.C2H6/c1-3-5-6-9(7-8-12)10(4-2)11(13)14;1-3-4-2;1-2/h5-6,8H,3-4,7H2,1-2H3;3H2,1-2H3;1-2H3/b6-5-,10-9-;;. The van der Waals surface area contributed by atoms with Crippen LogP contribution in [0.4, 0.5) is 0 Å². The summed E-state index contributed by atoms with van der Waals surface area (Å²) in [7, 11) is 1.68. The van der Waals surface area contributed by atoms with Crippen molar-refractivity contribution in [2.75, 3.05) is 13.7 Å². The Bertz CT molecular complexity index is 294. The van der Waals surface area contributed by atoms with Gasteiger partial charge < -0.3 is 9.53 Å². The molecule has 0 heterocycles. The minimum absolute atomic E-state index is 0.112. The van der Waals surface area contributed by atoms with E-state index in [1.54, 1.807) is 20.1 Å². The second-order valence-corrected chi connectivity index (χ2v) is 3.34. The van der Waals surface area contributed by atoms with Gasteiger partial charge in [0.25, 0.3) is 0 Å². The van der Waals surface area contributed by atoms with E-state index < -0.39 is 4.92 Å². The van der Waals surface area contributed by atoms with E-state index in [2.05, 4.69) is 4.74 Å². The van der Waals surface area contributed by atoms with Gasteiger partial charge in [0.2, 0.25) is 5.70 Å². The Labute approximate surface area is 122 Å². The number of nitrogens with zero attached hydrogens (tertiary/aromatic N) is 1. The van der Waals surface area contributed by atoms with Crippen LogP contribution in [0, 0.1) is 10.1 Å². The van der Waals surface area contributed by atoms with Gasteiger partial charge in [-0.1, -0.05) is 39.8 Å². The van der Waals surface area contributed by atoms with Gasteiger partial charge in [-0.2, -0.15) is 0 Å². The van der Waals surface area contributed by atoms with Gasteiger partial charge in [-0.3, -0.25) is 10.1 Å². The average molecular weight is 287 g/mol. The molecule has 0 fully saturated rings. The van der Waals surface area contributed by atoms with E-state index in [-0.39, 0.29) is 12.1 Å². The van der Waals surface area contributed by atoms with Crippen molar-refractivity contribution in [1.82, 2.24) is 0 Å². The molecule has 5 heteroatoms. The third-order valence-electron chi connectivity index (χ3n) is 2.07. The van der Waals surface area contributed by atoms with Crippen LogP contribution in [0.25, 0.3) is 0 Å². The van der Waals surface area contributed by atoms with Gasteiger partial charge in [-0.15, -0.1) is 0 Å². The number of methoxy groups -OCH3 is 1. The summed E-state index contributed by atoms with van der Waals surface area (Å²) in [6, 6.07) is 0. The fourth-order valence-corrected chi connectivity index (χ4v) is 1.11. The van der Waals surface area contributed by atoms with Crippen molar-refractivity contribution in [1.29, 1.82) is 0 Å². The zero-order valence-corrected chi connectivity index (χ0v) is 13.6. The molecule has 118 valence electrons. The molecule has 5 nitrogen and oxygen atoms in total. The number of ether oxygens (including phenoxy) is 1. The summed E-state index contributed by atoms with van der Waals surface area (Å²) in [6.07, 6.45) is 5.42. The fourth-order valence-electron chi connectivity index (χ4n) is 1.11. The van der Waals surface area contributed by atoms with Crippen molar-refractivity contribution < 1.29 is 14.5 Å². The summed E-state index contributed by atoms with van der Waals surface area (Å²) < 4.78 is 4.54. The molecule has 0 saturated carbocycles. The molecule has 20 heavy (non-hydrogen) atoms. The van der Waals surface area contributed by atoms with Crippen LogP contribution in [0.5, 0.6) is 0 Å². The Morgan fingerprint density at radius 3 is 2.00 bits per heavy atom. The maximum atomic E-state index is 10.6. The van der Waals surface area contributed by atoms with E-state index in [0.29, 0.717) is 18.3 Å². The number of nitro groups is 1. The van der Waals surface area contributed by atoms with Crippen molar-refractivity contribution in [2.24, 2.45) is 0 Å². The number of rotatable bonds is 7. The Balaban J connectivity index is -0.000000410. The molecule has 0 atom stereocenters. The van der Waals surface area contributed by atoms with Gasteiger partial charge in [0.15, 0.2) is 0 Å². The molecule has 0 aliphatic heterocycles. The molecule has 0 amide bonds. The second-order valence-electron chi connectivity index (χ2n) is 3.34. The van der Waals surface area contributed by atoms with Gasteiger partial charge in [-0.05, 0) is 13.3 Å². The molecule has 0 aromatic carbocycles. The predicted molar refractivity (Wildman–Crippen MR) is 83.3 cm³/mol. The molecule has 0 saturated heterocycles. The van der Waals surface area contributed by atoms with E-state index >= 15 is 0 Å². The fraction of sp³-hybridized carbons (Fsp3) is 0.667. The smallest absolute Gasteiger partial charge is 0.249 e. The molecule has 0 aliphatic carbocycles. The van der Waals surface area contributed by atoms with Crippen LogP contribution in [0.1, 0.15) is 53.9 Å². The number of allylic oxidation sites excluding steroid dienone is 4. The highest BCUT2D eigenvalue weighted by Crippen LogP contribution is 2.14. The molecule has 0 rings (SSSR count). The van der Waals surface area contributed by atoms with Crippen molar-refractivity contribution in [2.45, 2.75) is 53.9 Å². The number of carbonyl (C=O) groups excluding carboxylic acids is 1. The topological polar surface area (TPSA) is 69.4 Å². The second kappa shape index (κ2) is 19.8. The third-order valence-corrected chi connectivity index (χ3v) is 2.07. The van der Waals surface area contributed by atoms with E-state index in [1.807, 2.05) is 33.8 Å². The molecule has 0 bridgehead atoms. The van der Waals surface area contributed by atoms with E-state index in [4.69, 9.17) is 0 Å². The maximum absolute atomic E-state index is 10.6. The average Bonchev–Trinajstić information content (AvgIpc) is 2.47. The molecular weight excluding hydrogens is 258 g/mol. The SMILES string of the molecule is CC.CC/C=C\C(CC=O)=C(/CC)[N+](=O)[O-].CCOC. The van der Waals surface area contributed by atoms with E-state index in [0.717, 1.165) is 13.0 Å². The summed E-state index contributed by atoms with van der Waals surface area (Å²) in [4.78, 5) is 20.5. The summed E-state index contributed by atoms with van der Waals surface area (Å²) in [6.45, 7) is 10.4. The highest BCUT2D eigenvalue weighted by molar-refractivity contribution is 5.56. The van der Waals surface area contributed by atoms with Gasteiger partial charge >= 0.3 is 0 Å². The maximum Gasteiger partial charge on any atom is 0.249 e. The molecule has 0 spiro atoms. The van der Waals surface area contributed by atoms with Crippen molar-refractivity contribution >= 4 is 6.29 Å². The lowest BCUT2D eigenvalue weighted by atomic mass is 10.1. The van der Waals surface area contributed by atoms with Gasteiger partial charge in [0, 0.05) is 32.1 Å². The lowest BCUT2D eigenvalue weighted by Gasteiger charge is -1.99. The van der Waals surface area contributed by atoms with E-state index in [1.165, 1.54) is 0 Å².